The molecule has 0 heterocycles. The number of carbonyl (C=O) groups excluding carboxylic acids is 2. The predicted octanol–water partition coefficient (Wildman–Crippen LogP) is 3.67. The molecular weight excluding hydrogens is 322 g/mol. The zero-order valence-electron chi connectivity index (χ0n) is 15.9. The summed E-state index contributed by atoms with van der Waals surface area (Å²) < 4.78 is 0. The summed E-state index contributed by atoms with van der Waals surface area (Å²) in [5.41, 5.74) is 4.96. The van der Waals surface area contributed by atoms with Crippen LogP contribution in [0.1, 0.15) is 84.5 Å². The van der Waals surface area contributed by atoms with Crippen molar-refractivity contribution in [3.63, 3.8) is 0 Å². The molecule has 0 aromatic rings. The summed E-state index contributed by atoms with van der Waals surface area (Å²) in [4.78, 5) is 30.7. The van der Waals surface area contributed by atoms with Crippen LogP contribution in [0.3, 0.4) is 0 Å². The zero-order chi connectivity index (χ0) is 18.6. The minimum Gasteiger partial charge on any atom is -0.481 e. The van der Waals surface area contributed by atoms with Crippen molar-refractivity contribution in [3.8, 4) is 0 Å². The van der Waals surface area contributed by atoms with Gasteiger partial charge in [0, 0.05) is 19.8 Å². The summed E-state index contributed by atoms with van der Waals surface area (Å²) in [7, 11) is 0. The number of hydrogen-bond donors (Lipinski definition) is 4. The quantitative estimate of drug-likeness (QED) is 0.371. The Hall–Kier alpha value is -1.89. The van der Waals surface area contributed by atoms with E-state index in [1.54, 1.807) is 6.20 Å². The molecule has 0 aromatic carbocycles. The van der Waals surface area contributed by atoms with E-state index in [-0.39, 0.29) is 24.9 Å². The molecule has 0 bridgehead atoms. The third kappa shape index (κ3) is 34.5. The molecule has 0 aliphatic heterocycles. The normalized spacial score (nSPS) is 9.68. The highest BCUT2D eigenvalue weighted by atomic mass is 16.4. The van der Waals surface area contributed by atoms with Gasteiger partial charge >= 0.3 is 0 Å². The highest BCUT2D eigenvalue weighted by molar-refractivity contribution is 5.83. The second-order valence-electron chi connectivity index (χ2n) is 5.72. The van der Waals surface area contributed by atoms with Crippen LogP contribution in [-0.2, 0) is 14.4 Å². The molecule has 7 nitrogen and oxygen atoms in total. The van der Waals surface area contributed by atoms with Gasteiger partial charge in [0.1, 0.15) is 0 Å². The van der Waals surface area contributed by atoms with Gasteiger partial charge in [-0.25, -0.2) is 0 Å². The van der Waals surface area contributed by atoms with Crippen LogP contribution in [0.4, 0.5) is 0 Å². The number of nitrogens with two attached hydrogens (primary N) is 1. The number of primary amides is 1. The van der Waals surface area contributed by atoms with Crippen LogP contribution in [-0.4, -0.2) is 22.9 Å². The third-order valence-corrected chi connectivity index (χ3v) is 3.18. The van der Waals surface area contributed by atoms with E-state index in [9.17, 15) is 9.59 Å². The molecule has 0 fully saturated rings. The average molecular weight is 360 g/mol. The highest BCUT2D eigenvalue weighted by Crippen LogP contribution is 2.09. The van der Waals surface area contributed by atoms with E-state index >= 15 is 0 Å². The number of allylic oxidation sites excluding steroid dienone is 1. The maximum atomic E-state index is 11.2. The summed E-state index contributed by atoms with van der Waals surface area (Å²) in [6.07, 6.45) is 15.4. The number of nitrogens with one attached hydrogen (secondary N) is 1. The lowest BCUT2D eigenvalue weighted by atomic mass is 10.1. The van der Waals surface area contributed by atoms with Crippen LogP contribution in [0.25, 0.3) is 0 Å². The van der Waals surface area contributed by atoms with E-state index in [2.05, 4.69) is 12.2 Å². The molecule has 25 heavy (non-hydrogen) atoms. The first kappa shape index (κ1) is 27.9. The molecule has 0 saturated carbocycles. The van der Waals surface area contributed by atoms with Crippen molar-refractivity contribution in [3.05, 3.63) is 12.3 Å². The minimum atomic E-state index is -0.833. The number of carboxylic acids is 1. The number of carbonyl (C=O) groups is 3. The Kier molecular flexibility index (Phi) is 24.7. The Morgan fingerprint density at radius 2 is 1.44 bits per heavy atom. The Labute approximate surface area is 152 Å². The fourth-order valence-corrected chi connectivity index (χ4v) is 1.94. The molecule has 0 aliphatic carbocycles. The summed E-state index contributed by atoms with van der Waals surface area (Å²) in [6.45, 7) is 3.32. The number of carboxylic acid groups (broad SMARTS) is 1. The van der Waals surface area contributed by atoms with Crippen molar-refractivity contribution in [2.24, 2.45) is 5.73 Å². The monoisotopic (exact) mass is 359 g/mol. The van der Waals surface area contributed by atoms with Gasteiger partial charge in [0.2, 0.25) is 11.8 Å². The predicted molar refractivity (Wildman–Crippen MR) is 101 cm³/mol. The maximum Gasteiger partial charge on any atom is 0.300 e. The molecule has 2 amide bonds. The molecule has 0 rings (SSSR count). The van der Waals surface area contributed by atoms with E-state index in [0.29, 0.717) is 0 Å². The molecule has 148 valence electrons. The second-order valence-corrected chi connectivity index (χ2v) is 5.72. The Morgan fingerprint density at radius 3 is 1.92 bits per heavy atom. The van der Waals surface area contributed by atoms with Crippen molar-refractivity contribution in [1.82, 2.24) is 11.5 Å². The van der Waals surface area contributed by atoms with Crippen LogP contribution < -0.4 is 17.2 Å². The van der Waals surface area contributed by atoms with E-state index in [4.69, 9.17) is 15.6 Å². The first-order valence-corrected chi connectivity index (χ1v) is 8.82. The van der Waals surface area contributed by atoms with Crippen LogP contribution in [0.15, 0.2) is 12.3 Å². The molecule has 0 spiro atoms. The number of rotatable bonds is 13. The molecule has 0 saturated heterocycles. The van der Waals surface area contributed by atoms with Crippen molar-refractivity contribution >= 4 is 17.8 Å². The van der Waals surface area contributed by atoms with E-state index in [0.717, 1.165) is 13.3 Å². The van der Waals surface area contributed by atoms with Gasteiger partial charge in [0.25, 0.3) is 5.97 Å². The maximum absolute atomic E-state index is 11.2. The Bertz CT molecular complexity index is 367. The van der Waals surface area contributed by atoms with E-state index in [1.807, 2.05) is 6.08 Å². The molecule has 0 aliphatic rings. The van der Waals surface area contributed by atoms with Gasteiger partial charge in [-0.05, 0) is 19.0 Å². The first-order chi connectivity index (χ1) is 11.4. The average Bonchev–Trinajstić information content (AvgIpc) is 2.50. The highest BCUT2D eigenvalue weighted by Gasteiger charge is 2.00. The number of aliphatic carboxylic acids is 1. The van der Waals surface area contributed by atoms with Gasteiger partial charge in [0.15, 0.2) is 0 Å². The van der Waals surface area contributed by atoms with Crippen molar-refractivity contribution in [2.75, 3.05) is 0 Å². The number of amides is 2. The second kappa shape index (κ2) is 22.1. The summed E-state index contributed by atoms with van der Waals surface area (Å²) in [5, 5.41) is 10.1. The third-order valence-electron chi connectivity index (χ3n) is 3.18. The Balaban J connectivity index is -0.000000867. The molecule has 0 atom stereocenters. The van der Waals surface area contributed by atoms with Gasteiger partial charge < -0.3 is 22.3 Å². The van der Waals surface area contributed by atoms with Gasteiger partial charge in [-0.1, -0.05) is 57.9 Å². The lowest BCUT2D eigenvalue weighted by Crippen LogP contribution is -2.20. The molecule has 7 N–H and O–H groups in total. The molecule has 0 unspecified atom stereocenters. The number of unbranched alkanes of at least 4 members (excludes halogenated alkanes) is 8. The molecule has 7 heteroatoms. The Morgan fingerprint density at radius 1 is 0.960 bits per heavy atom. The van der Waals surface area contributed by atoms with Gasteiger partial charge in [-0.2, -0.15) is 0 Å². The van der Waals surface area contributed by atoms with Gasteiger partial charge in [-0.3, -0.25) is 14.4 Å². The lowest BCUT2D eigenvalue weighted by Gasteiger charge is -2.00. The van der Waals surface area contributed by atoms with Gasteiger partial charge in [0.05, 0.1) is 0 Å². The zero-order valence-corrected chi connectivity index (χ0v) is 15.9. The lowest BCUT2D eigenvalue weighted by molar-refractivity contribution is -0.134. The van der Waals surface area contributed by atoms with E-state index in [1.165, 1.54) is 51.4 Å². The largest absolute Gasteiger partial charge is 0.481 e. The van der Waals surface area contributed by atoms with Crippen LogP contribution in [0, 0.1) is 0 Å². The topological polar surface area (TPSA) is 144 Å². The van der Waals surface area contributed by atoms with Crippen LogP contribution >= 0.6 is 0 Å². The van der Waals surface area contributed by atoms with Crippen molar-refractivity contribution in [1.29, 1.82) is 0 Å². The van der Waals surface area contributed by atoms with Crippen molar-refractivity contribution in [2.45, 2.75) is 84.5 Å². The fraction of sp³-hybridized carbons (Fsp3) is 0.722. The first-order valence-electron chi connectivity index (χ1n) is 8.82. The van der Waals surface area contributed by atoms with Crippen molar-refractivity contribution < 1.29 is 19.5 Å². The van der Waals surface area contributed by atoms with Gasteiger partial charge in [-0.15, -0.1) is 0 Å². The molecule has 0 aromatic heterocycles. The fourth-order valence-electron chi connectivity index (χ4n) is 1.94. The standard InChI is InChI=1S/C16H30N2O2.C2H4O2.H3N/c1-2-3-4-5-6-7-8-9-10-11-14-18-16(20)13-12-15(17)19;1-2(3)4;/h11,14H,2-10,12-13H2,1H3,(H2,17,19)(H,18,20);1H3,(H,3,4);1H3. The van der Waals surface area contributed by atoms with E-state index < -0.39 is 11.9 Å². The van der Waals surface area contributed by atoms with Crippen LogP contribution in [0.5, 0.6) is 0 Å². The SMILES string of the molecule is CC(=O)O.CCCCCCCCCCC=CNC(=O)CCC(N)=O.N. The minimum absolute atomic E-state index is 0. The smallest absolute Gasteiger partial charge is 0.300 e. The summed E-state index contributed by atoms with van der Waals surface area (Å²) >= 11 is 0. The summed E-state index contributed by atoms with van der Waals surface area (Å²) in [6, 6.07) is 0. The summed E-state index contributed by atoms with van der Waals surface area (Å²) in [5.74, 6) is -1.43. The molecule has 0 radical (unpaired) electrons. The molecular formula is C18H37N3O4. The number of hydrogen-bond acceptors (Lipinski definition) is 4. The van der Waals surface area contributed by atoms with Crippen LogP contribution in [0.2, 0.25) is 0 Å².